The summed E-state index contributed by atoms with van der Waals surface area (Å²) in [5.41, 5.74) is 8.07. The molecule has 1 unspecified atom stereocenters. The topological polar surface area (TPSA) is 59.1 Å². The number of para-hydroxylation sites is 2. The predicted molar refractivity (Wildman–Crippen MR) is 86.3 cm³/mol. The normalized spacial score (nSPS) is 18.8. The third-order valence-electron chi connectivity index (χ3n) is 4.33. The van der Waals surface area contributed by atoms with Gasteiger partial charge in [0.05, 0.1) is 17.1 Å². The number of nitrogens with one attached hydrogen (secondary N) is 1. The Hall–Kier alpha value is -1.43. The van der Waals surface area contributed by atoms with Crippen molar-refractivity contribution in [1.29, 1.82) is 0 Å². The zero-order valence-corrected chi connectivity index (χ0v) is 12.8. The van der Waals surface area contributed by atoms with Crippen molar-refractivity contribution in [2.24, 2.45) is 5.73 Å². The average molecular weight is 287 g/mol. The SMILES string of the molecule is CC(c1nc2ccccc2n1CCN)N1CCCNCC1. The Kier molecular flexibility index (Phi) is 4.53. The van der Waals surface area contributed by atoms with Gasteiger partial charge in [0.1, 0.15) is 5.82 Å². The van der Waals surface area contributed by atoms with Crippen LogP contribution in [0.3, 0.4) is 0 Å². The Morgan fingerprint density at radius 1 is 1.29 bits per heavy atom. The number of fused-ring (bicyclic) bond motifs is 1. The molecule has 0 saturated carbocycles. The average Bonchev–Trinajstić information content (AvgIpc) is 2.70. The maximum atomic E-state index is 5.81. The number of nitrogens with two attached hydrogens (primary N) is 1. The van der Waals surface area contributed by atoms with Crippen LogP contribution in [-0.2, 0) is 6.54 Å². The first-order chi connectivity index (χ1) is 10.3. The molecule has 0 aliphatic carbocycles. The molecule has 5 nitrogen and oxygen atoms in total. The summed E-state index contributed by atoms with van der Waals surface area (Å²) in [6.45, 7) is 8.10. The Labute approximate surface area is 126 Å². The van der Waals surface area contributed by atoms with Gasteiger partial charge in [-0.2, -0.15) is 0 Å². The fourth-order valence-corrected chi connectivity index (χ4v) is 3.19. The van der Waals surface area contributed by atoms with Crippen LogP contribution < -0.4 is 11.1 Å². The van der Waals surface area contributed by atoms with E-state index < -0.39 is 0 Å². The van der Waals surface area contributed by atoms with Crippen LogP contribution in [0.5, 0.6) is 0 Å². The molecule has 0 amide bonds. The van der Waals surface area contributed by atoms with Crippen LogP contribution >= 0.6 is 0 Å². The highest BCUT2D eigenvalue weighted by atomic mass is 15.2. The number of nitrogens with zero attached hydrogens (tertiary/aromatic N) is 3. The molecule has 0 bridgehead atoms. The second kappa shape index (κ2) is 6.56. The maximum absolute atomic E-state index is 5.81. The van der Waals surface area contributed by atoms with Gasteiger partial charge in [0.15, 0.2) is 0 Å². The summed E-state index contributed by atoms with van der Waals surface area (Å²) < 4.78 is 2.29. The number of imidazole rings is 1. The van der Waals surface area contributed by atoms with E-state index in [2.05, 4.69) is 39.9 Å². The minimum atomic E-state index is 0.323. The van der Waals surface area contributed by atoms with E-state index in [1.165, 1.54) is 11.9 Å². The molecule has 114 valence electrons. The van der Waals surface area contributed by atoms with E-state index in [1.807, 2.05) is 6.07 Å². The minimum Gasteiger partial charge on any atom is -0.329 e. The molecular formula is C16H25N5. The fourth-order valence-electron chi connectivity index (χ4n) is 3.19. The third kappa shape index (κ3) is 2.95. The van der Waals surface area contributed by atoms with Crippen molar-refractivity contribution in [3.8, 4) is 0 Å². The molecule has 3 rings (SSSR count). The first-order valence-electron chi connectivity index (χ1n) is 7.91. The van der Waals surface area contributed by atoms with Gasteiger partial charge >= 0.3 is 0 Å². The van der Waals surface area contributed by atoms with Crippen LogP contribution in [0.1, 0.15) is 25.2 Å². The molecular weight excluding hydrogens is 262 g/mol. The molecule has 1 aromatic heterocycles. The maximum Gasteiger partial charge on any atom is 0.127 e. The molecule has 1 atom stereocenters. The van der Waals surface area contributed by atoms with Crippen molar-refractivity contribution in [2.45, 2.75) is 25.9 Å². The summed E-state index contributed by atoms with van der Waals surface area (Å²) in [5.74, 6) is 1.14. The number of rotatable bonds is 4. The highest BCUT2D eigenvalue weighted by molar-refractivity contribution is 5.76. The summed E-state index contributed by atoms with van der Waals surface area (Å²) in [6, 6.07) is 8.66. The van der Waals surface area contributed by atoms with Gasteiger partial charge in [0.2, 0.25) is 0 Å². The van der Waals surface area contributed by atoms with Crippen molar-refractivity contribution in [2.75, 3.05) is 32.7 Å². The van der Waals surface area contributed by atoms with Crippen molar-refractivity contribution in [1.82, 2.24) is 19.8 Å². The van der Waals surface area contributed by atoms with E-state index in [-0.39, 0.29) is 0 Å². The van der Waals surface area contributed by atoms with E-state index in [9.17, 15) is 0 Å². The van der Waals surface area contributed by atoms with Crippen molar-refractivity contribution < 1.29 is 0 Å². The van der Waals surface area contributed by atoms with Gasteiger partial charge in [-0.05, 0) is 32.0 Å². The van der Waals surface area contributed by atoms with Gasteiger partial charge < -0.3 is 15.6 Å². The summed E-state index contributed by atoms with van der Waals surface area (Å²) >= 11 is 0. The largest absolute Gasteiger partial charge is 0.329 e. The molecule has 3 N–H and O–H groups in total. The molecule has 1 saturated heterocycles. The molecule has 1 aromatic carbocycles. The molecule has 5 heteroatoms. The number of hydrogen-bond donors (Lipinski definition) is 2. The highest BCUT2D eigenvalue weighted by Gasteiger charge is 2.22. The van der Waals surface area contributed by atoms with E-state index in [1.54, 1.807) is 0 Å². The van der Waals surface area contributed by atoms with Crippen LogP contribution in [0.2, 0.25) is 0 Å². The zero-order valence-electron chi connectivity index (χ0n) is 12.8. The molecule has 0 spiro atoms. The zero-order chi connectivity index (χ0) is 14.7. The molecule has 1 aliphatic heterocycles. The van der Waals surface area contributed by atoms with Crippen LogP contribution in [0.25, 0.3) is 11.0 Å². The van der Waals surface area contributed by atoms with E-state index in [4.69, 9.17) is 10.7 Å². The lowest BCUT2D eigenvalue weighted by Gasteiger charge is -2.27. The smallest absolute Gasteiger partial charge is 0.127 e. The van der Waals surface area contributed by atoms with Crippen LogP contribution in [-0.4, -0.2) is 47.2 Å². The van der Waals surface area contributed by atoms with E-state index >= 15 is 0 Å². The van der Waals surface area contributed by atoms with Crippen molar-refractivity contribution in [3.05, 3.63) is 30.1 Å². The van der Waals surface area contributed by atoms with E-state index in [0.717, 1.165) is 44.1 Å². The predicted octanol–water partition coefficient (Wildman–Crippen LogP) is 1.35. The monoisotopic (exact) mass is 287 g/mol. The van der Waals surface area contributed by atoms with Gasteiger partial charge in [0.25, 0.3) is 0 Å². The fraction of sp³-hybridized carbons (Fsp3) is 0.562. The van der Waals surface area contributed by atoms with Crippen LogP contribution in [0, 0.1) is 0 Å². The quantitative estimate of drug-likeness (QED) is 0.891. The van der Waals surface area contributed by atoms with Gasteiger partial charge in [0, 0.05) is 32.7 Å². The molecule has 1 fully saturated rings. The Balaban J connectivity index is 1.95. The molecule has 1 aliphatic rings. The first-order valence-corrected chi connectivity index (χ1v) is 7.91. The second-order valence-corrected chi connectivity index (χ2v) is 5.71. The van der Waals surface area contributed by atoms with Gasteiger partial charge in [-0.15, -0.1) is 0 Å². The van der Waals surface area contributed by atoms with Crippen LogP contribution in [0.4, 0.5) is 0 Å². The highest BCUT2D eigenvalue weighted by Crippen LogP contribution is 2.25. The summed E-state index contributed by atoms with van der Waals surface area (Å²) in [7, 11) is 0. The summed E-state index contributed by atoms with van der Waals surface area (Å²) in [6.07, 6.45) is 1.20. The van der Waals surface area contributed by atoms with Gasteiger partial charge in [-0.3, -0.25) is 4.90 Å². The molecule has 2 aromatic rings. The molecule has 21 heavy (non-hydrogen) atoms. The summed E-state index contributed by atoms with van der Waals surface area (Å²) in [5, 5.41) is 3.46. The number of aromatic nitrogens is 2. The van der Waals surface area contributed by atoms with Crippen LogP contribution in [0.15, 0.2) is 24.3 Å². The van der Waals surface area contributed by atoms with Gasteiger partial charge in [-0.1, -0.05) is 12.1 Å². The first kappa shape index (κ1) is 14.5. The van der Waals surface area contributed by atoms with Crippen molar-refractivity contribution >= 4 is 11.0 Å². The van der Waals surface area contributed by atoms with Crippen molar-refractivity contribution in [3.63, 3.8) is 0 Å². The Morgan fingerprint density at radius 2 is 2.14 bits per heavy atom. The lowest BCUT2D eigenvalue weighted by atomic mass is 10.2. The lowest BCUT2D eigenvalue weighted by Crippen LogP contribution is -2.32. The lowest BCUT2D eigenvalue weighted by molar-refractivity contribution is 0.213. The third-order valence-corrected chi connectivity index (χ3v) is 4.33. The standard InChI is InChI=1S/C16H25N5/c1-13(20-10-4-8-18-9-12-20)16-19-14-5-2-3-6-15(14)21(16)11-7-17/h2-3,5-6,13,18H,4,7-12,17H2,1H3. The second-order valence-electron chi connectivity index (χ2n) is 5.71. The Bertz CT molecular complexity index is 583. The van der Waals surface area contributed by atoms with E-state index in [0.29, 0.717) is 12.6 Å². The summed E-state index contributed by atoms with van der Waals surface area (Å²) in [4.78, 5) is 7.40. The molecule has 0 radical (unpaired) electrons. The minimum absolute atomic E-state index is 0.323. The number of benzene rings is 1. The Morgan fingerprint density at radius 3 is 3.00 bits per heavy atom. The number of hydrogen-bond acceptors (Lipinski definition) is 4. The molecule has 2 heterocycles. The van der Waals surface area contributed by atoms with Gasteiger partial charge in [-0.25, -0.2) is 4.98 Å².